The normalized spacial score (nSPS) is 16.5. The van der Waals surface area contributed by atoms with Crippen molar-refractivity contribution in [1.82, 2.24) is 15.3 Å². The van der Waals surface area contributed by atoms with Gasteiger partial charge in [-0.25, -0.2) is 4.98 Å². The predicted octanol–water partition coefficient (Wildman–Crippen LogP) is 2.71. The van der Waals surface area contributed by atoms with E-state index >= 15 is 0 Å². The third-order valence-electron chi connectivity index (χ3n) is 5.02. The van der Waals surface area contributed by atoms with E-state index in [0.717, 1.165) is 48.3 Å². The molecule has 3 heterocycles. The lowest BCUT2D eigenvalue weighted by Crippen LogP contribution is -2.19. The van der Waals surface area contributed by atoms with Crippen LogP contribution in [0.15, 0.2) is 54.3 Å². The lowest BCUT2D eigenvalue weighted by Gasteiger charge is -2.23. The zero-order valence-electron chi connectivity index (χ0n) is 17.4. The van der Waals surface area contributed by atoms with Crippen molar-refractivity contribution >= 4 is 28.1 Å². The van der Waals surface area contributed by atoms with Crippen molar-refractivity contribution in [2.45, 2.75) is 19.8 Å². The summed E-state index contributed by atoms with van der Waals surface area (Å²) in [7, 11) is 1.80. The van der Waals surface area contributed by atoms with Gasteiger partial charge in [0.15, 0.2) is 0 Å². The summed E-state index contributed by atoms with van der Waals surface area (Å²) in [5, 5.41) is 14.1. The Morgan fingerprint density at radius 1 is 1.27 bits per heavy atom. The molecule has 0 atom stereocenters. The SMILES string of the molecule is CN/C=C(\C(C)=N)c1cnc2ccc(N/C(N)=C/C(=C\N)C3CCOCC3)nc2c1. The van der Waals surface area contributed by atoms with E-state index in [2.05, 4.69) is 20.6 Å². The zero-order chi connectivity index (χ0) is 21.5. The third-order valence-corrected chi connectivity index (χ3v) is 5.02. The summed E-state index contributed by atoms with van der Waals surface area (Å²) in [6.07, 6.45) is 8.88. The molecule has 2 aromatic heterocycles. The van der Waals surface area contributed by atoms with Gasteiger partial charge in [0.05, 0.1) is 11.0 Å². The topological polar surface area (TPSA) is 135 Å². The number of hydrogen-bond acceptors (Lipinski definition) is 8. The van der Waals surface area contributed by atoms with Gasteiger partial charge in [0.2, 0.25) is 0 Å². The van der Waals surface area contributed by atoms with Gasteiger partial charge in [-0.15, -0.1) is 0 Å². The fraction of sp³-hybridized carbons (Fsp3) is 0.318. The number of pyridine rings is 2. The van der Waals surface area contributed by atoms with Gasteiger partial charge in [0.1, 0.15) is 11.6 Å². The van der Waals surface area contributed by atoms with Gasteiger partial charge in [-0.1, -0.05) is 0 Å². The maximum absolute atomic E-state index is 7.99. The number of rotatable bonds is 7. The van der Waals surface area contributed by atoms with Crippen LogP contribution in [0.4, 0.5) is 5.82 Å². The minimum atomic E-state index is 0.349. The average Bonchev–Trinajstić information content (AvgIpc) is 2.75. The molecule has 0 aliphatic carbocycles. The molecule has 1 saturated heterocycles. The van der Waals surface area contributed by atoms with Gasteiger partial charge in [-0.2, -0.15) is 0 Å². The maximum Gasteiger partial charge on any atom is 0.132 e. The Balaban J connectivity index is 1.83. The Hall–Kier alpha value is -3.39. The van der Waals surface area contributed by atoms with Gasteiger partial charge in [0, 0.05) is 49.5 Å². The van der Waals surface area contributed by atoms with E-state index in [4.69, 9.17) is 21.6 Å². The van der Waals surface area contributed by atoms with Crippen molar-refractivity contribution in [3.05, 3.63) is 59.8 Å². The Morgan fingerprint density at radius 2 is 2.03 bits per heavy atom. The summed E-state index contributed by atoms with van der Waals surface area (Å²) < 4.78 is 5.42. The van der Waals surface area contributed by atoms with Crippen LogP contribution >= 0.6 is 0 Å². The second-order valence-corrected chi connectivity index (χ2v) is 7.21. The van der Waals surface area contributed by atoms with E-state index in [0.29, 0.717) is 28.8 Å². The Bertz CT molecular complexity index is 1000. The molecule has 0 aromatic carbocycles. The van der Waals surface area contributed by atoms with Crippen molar-refractivity contribution in [3.63, 3.8) is 0 Å². The molecule has 0 radical (unpaired) electrons. The lowest BCUT2D eigenvalue weighted by molar-refractivity contribution is 0.0765. The molecular formula is C22H29N7O. The van der Waals surface area contributed by atoms with Crippen LogP contribution in [0.2, 0.25) is 0 Å². The number of hydrogen-bond donors (Lipinski definition) is 5. The molecule has 1 aliphatic rings. The predicted molar refractivity (Wildman–Crippen MR) is 122 cm³/mol. The standard InChI is InChI=1S/C22H29N7O/c1-14(24)18(13-26-2)17-9-20-19(27-12-17)3-4-22(28-20)29-21(25)10-16(11-23)15-5-7-30-8-6-15/h3-4,9-13,15,24,26H,5-8,23,25H2,1-2H3,(H,28,29)/b16-11+,18-13+,21-10+,24-14?. The van der Waals surface area contributed by atoms with Crippen molar-refractivity contribution in [2.75, 3.05) is 25.6 Å². The van der Waals surface area contributed by atoms with Crippen LogP contribution in [0.25, 0.3) is 16.6 Å². The Labute approximate surface area is 176 Å². The molecule has 0 amide bonds. The number of nitrogens with two attached hydrogens (primary N) is 2. The Morgan fingerprint density at radius 3 is 2.70 bits per heavy atom. The smallest absolute Gasteiger partial charge is 0.132 e. The minimum Gasteiger partial charge on any atom is -0.404 e. The summed E-state index contributed by atoms with van der Waals surface area (Å²) in [4.78, 5) is 9.11. The van der Waals surface area contributed by atoms with E-state index in [1.807, 2.05) is 24.3 Å². The van der Waals surface area contributed by atoms with Crippen molar-refractivity contribution < 1.29 is 4.74 Å². The number of aromatic nitrogens is 2. The van der Waals surface area contributed by atoms with Crippen LogP contribution in [-0.2, 0) is 4.74 Å². The first-order valence-electron chi connectivity index (χ1n) is 9.95. The maximum atomic E-state index is 7.99. The van der Waals surface area contributed by atoms with Crippen LogP contribution in [0.5, 0.6) is 0 Å². The van der Waals surface area contributed by atoms with Crippen molar-refractivity contribution in [3.8, 4) is 0 Å². The van der Waals surface area contributed by atoms with Crippen LogP contribution in [0.3, 0.4) is 0 Å². The molecular weight excluding hydrogens is 378 g/mol. The van der Waals surface area contributed by atoms with Gasteiger partial charge in [-0.05, 0) is 61.7 Å². The Kier molecular flexibility index (Phi) is 7.03. The van der Waals surface area contributed by atoms with Crippen LogP contribution in [0.1, 0.15) is 25.3 Å². The molecule has 2 aromatic rings. The largest absolute Gasteiger partial charge is 0.404 e. The van der Waals surface area contributed by atoms with Crippen LogP contribution in [-0.4, -0.2) is 35.9 Å². The number of ether oxygens (including phenoxy) is 1. The molecule has 1 fully saturated rings. The monoisotopic (exact) mass is 407 g/mol. The molecule has 0 unspecified atom stereocenters. The van der Waals surface area contributed by atoms with Crippen molar-refractivity contribution in [1.29, 1.82) is 5.41 Å². The molecule has 30 heavy (non-hydrogen) atoms. The molecule has 158 valence electrons. The summed E-state index contributed by atoms with van der Waals surface area (Å²) in [5.41, 5.74) is 16.6. The van der Waals surface area contributed by atoms with E-state index in [1.54, 1.807) is 32.6 Å². The summed E-state index contributed by atoms with van der Waals surface area (Å²) in [6, 6.07) is 5.64. The first-order valence-corrected chi connectivity index (χ1v) is 9.95. The molecule has 3 rings (SSSR count). The molecule has 0 saturated carbocycles. The van der Waals surface area contributed by atoms with Crippen LogP contribution in [0, 0.1) is 11.3 Å². The van der Waals surface area contributed by atoms with Crippen molar-refractivity contribution in [2.24, 2.45) is 17.4 Å². The fourth-order valence-corrected chi connectivity index (χ4v) is 3.47. The number of fused-ring (bicyclic) bond motifs is 1. The number of nitrogens with zero attached hydrogens (tertiary/aromatic N) is 2. The van der Waals surface area contributed by atoms with E-state index < -0.39 is 0 Å². The first kappa shape index (κ1) is 21.3. The third kappa shape index (κ3) is 5.15. The quantitative estimate of drug-likeness (QED) is 0.352. The zero-order valence-corrected chi connectivity index (χ0v) is 17.4. The molecule has 8 nitrogen and oxygen atoms in total. The average molecular weight is 408 g/mol. The van der Waals surface area contributed by atoms with E-state index in [1.165, 1.54) is 0 Å². The second-order valence-electron chi connectivity index (χ2n) is 7.21. The van der Waals surface area contributed by atoms with E-state index in [9.17, 15) is 0 Å². The lowest BCUT2D eigenvalue weighted by atomic mass is 9.92. The second kappa shape index (κ2) is 9.89. The number of nitrogens with one attached hydrogen (secondary N) is 3. The molecule has 1 aliphatic heterocycles. The molecule has 7 N–H and O–H groups in total. The highest BCUT2D eigenvalue weighted by atomic mass is 16.5. The molecule has 0 spiro atoms. The van der Waals surface area contributed by atoms with E-state index in [-0.39, 0.29) is 0 Å². The number of anilines is 1. The highest BCUT2D eigenvalue weighted by Gasteiger charge is 2.17. The number of allylic oxidation sites excluding steroid dienone is 3. The first-order chi connectivity index (χ1) is 14.5. The van der Waals surface area contributed by atoms with Gasteiger partial charge in [-0.3, -0.25) is 4.98 Å². The highest BCUT2D eigenvalue weighted by molar-refractivity contribution is 6.21. The molecule has 0 bridgehead atoms. The minimum absolute atomic E-state index is 0.349. The fourth-order valence-electron chi connectivity index (χ4n) is 3.47. The summed E-state index contributed by atoms with van der Waals surface area (Å²) in [5.74, 6) is 1.44. The van der Waals surface area contributed by atoms with Crippen LogP contribution < -0.4 is 22.1 Å². The summed E-state index contributed by atoms with van der Waals surface area (Å²) >= 11 is 0. The van der Waals surface area contributed by atoms with Gasteiger partial charge in [0.25, 0.3) is 0 Å². The van der Waals surface area contributed by atoms with Gasteiger partial charge < -0.3 is 32.2 Å². The van der Waals surface area contributed by atoms with Gasteiger partial charge >= 0.3 is 0 Å². The highest BCUT2D eigenvalue weighted by Crippen LogP contribution is 2.25. The molecule has 8 heteroatoms. The summed E-state index contributed by atoms with van der Waals surface area (Å²) in [6.45, 7) is 3.22.